The lowest BCUT2D eigenvalue weighted by atomic mass is 9.87. The molecule has 1 aliphatic heterocycles. The smallest absolute Gasteiger partial charge is 0.386 e. The molecule has 0 saturated carbocycles. The van der Waals surface area contributed by atoms with Crippen molar-refractivity contribution in [1.29, 1.82) is 0 Å². The van der Waals surface area contributed by atoms with Crippen LogP contribution in [-0.2, 0) is 50.7 Å². The molecular formula is C31H46ClN8O17P3S. The second-order valence-corrected chi connectivity index (χ2v) is 19.8. The number of nitrogen functional groups attached to an aromatic ring is 1. The molecule has 0 aliphatic carbocycles. The van der Waals surface area contributed by atoms with E-state index in [1.807, 2.05) is 0 Å². The maximum absolute atomic E-state index is 12.7. The van der Waals surface area contributed by atoms with Crippen LogP contribution in [0.25, 0.3) is 11.2 Å². The number of hydrogen-bond donors (Lipinski definition) is 10. The molecule has 1 fully saturated rings. The van der Waals surface area contributed by atoms with E-state index in [4.69, 9.17) is 36.9 Å². The number of phosphoric acid groups is 3. The van der Waals surface area contributed by atoms with E-state index >= 15 is 0 Å². The molecule has 2 aromatic heterocycles. The van der Waals surface area contributed by atoms with Crippen molar-refractivity contribution < 1.29 is 80.5 Å². The number of aliphatic hydroxyl groups excluding tert-OH is 2. The van der Waals surface area contributed by atoms with Gasteiger partial charge in [0.2, 0.25) is 11.8 Å². The number of anilines is 1. The average molecular weight is 963 g/mol. The zero-order valence-corrected chi connectivity index (χ0v) is 36.6. The van der Waals surface area contributed by atoms with Gasteiger partial charge in [0.25, 0.3) is 0 Å². The Labute approximate surface area is 356 Å². The van der Waals surface area contributed by atoms with Crippen molar-refractivity contribution in [3.63, 3.8) is 0 Å². The number of aromatic nitrogens is 4. The van der Waals surface area contributed by atoms with Crippen LogP contribution in [0.2, 0.25) is 5.02 Å². The van der Waals surface area contributed by atoms with Gasteiger partial charge in [-0.05, 0) is 24.2 Å². The highest BCUT2D eigenvalue weighted by Crippen LogP contribution is 2.61. The summed E-state index contributed by atoms with van der Waals surface area (Å²) in [6.45, 7) is 0.635. The molecule has 0 radical (unpaired) electrons. The van der Waals surface area contributed by atoms with E-state index < -0.39 is 84.6 Å². The number of ether oxygens (including phenoxy) is 1. The number of hydrogen-bond acceptors (Lipinski definition) is 19. The summed E-state index contributed by atoms with van der Waals surface area (Å²) in [6.07, 6.45) is -6.81. The first-order valence-electron chi connectivity index (χ1n) is 17.9. The molecule has 2 amide bonds. The summed E-state index contributed by atoms with van der Waals surface area (Å²) in [4.78, 5) is 88.4. The second-order valence-electron chi connectivity index (χ2n) is 14.0. The summed E-state index contributed by atoms with van der Waals surface area (Å²) in [5.74, 6) is -1.41. The van der Waals surface area contributed by atoms with Crippen LogP contribution in [0.5, 0.6) is 0 Å². The normalized spacial score (nSPS) is 21.3. The van der Waals surface area contributed by atoms with Gasteiger partial charge in [0.15, 0.2) is 22.8 Å². The SMILES string of the molecule is CC(C)(COP(=O)(O)OP(=O)(O)OCC1OC(n2cnc3c(N)ncnc32)C(O)C1OP(=O)(O)O)C(O)C(=O)NCCC(=O)NCCSC(=O)CC(CN)c1ccc(Cl)cc1. The van der Waals surface area contributed by atoms with Crippen molar-refractivity contribution in [2.45, 2.75) is 63.3 Å². The maximum atomic E-state index is 12.7. The lowest BCUT2D eigenvalue weighted by Crippen LogP contribution is -2.46. The van der Waals surface area contributed by atoms with Crippen LogP contribution in [0.1, 0.15) is 44.4 Å². The molecule has 3 heterocycles. The molecule has 0 bridgehead atoms. The van der Waals surface area contributed by atoms with Crippen molar-refractivity contribution in [3.05, 3.63) is 47.5 Å². The van der Waals surface area contributed by atoms with Gasteiger partial charge in [-0.15, -0.1) is 0 Å². The van der Waals surface area contributed by atoms with Crippen LogP contribution in [0.15, 0.2) is 36.9 Å². The van der Waals surface area contributed by atoms with E-state index in [2.05, 4.69) is 34.4 Å². The lowest BCUT2D eigenvalue weighted by molar-refractivity contribution is -0.137. The molecule has 0 spiro atoms. The largest absolute Gasteiger partial charge is 0.481 e. The van der Waals surface area contributed by atoms with E-state index in [0.29, 0.717) is 5.02 Å². The molecular weight excluding hydrogens is 917 g/mol. The Morgan fingerprint density at radius 1 is 1.03 bits per heavy atom. The summed E-state index contributed by atoms with van der Waals surface area (Å²) >= 11 is 6.95. The van der Waals surface area contributed by atoms with Gasteiger partial charge in [-0.3, -0.25) is 32.5 Å². The number of amides is 2. The minimum Gasteiger partial charge on any atom is -0.386 e. The number of carbonyl (C=O) groups excluding carboxylic acids is 3. The first kappa shape index (κ1) is 50.7. The number of fused-ring (bicyclic) bond motifs is 1. The van der Waals surface area contributed by atoms with Gasteiger partial charge in [0.05, 0.1) is 19.5 Å². The van der Waals surface area contributed by atoms with Gasteiger partial charge in [-0.2, -0.15) is 4.31 Å². The number of benzene rings is 1. The van der Waals surface area contributed by atoms with Crippen LogP contribution in [-0.4, -0.2) is 129 Å². The minimum absolute atomic E-state index is 0.0253. The number of phosphoric ester groups is 3. The first-order chi connectivity index (χ1) is 28.4. The monoisotopic (exact) mass is 962 g/mol. The standard InChI is InChI=1S/C31H46ClN8O17P3S/c1-31(2,26(44)29(45)36-8-7-21(41)35-9-10-61-22(42)11-18(12-33)17-3-5-19(32)6-4-17)14-54-60(51,52)57-59(49,50)53-13-20-25(56-58(46,47)48)24(43)30(55-20)40-16-39-23-27(34)37-15-38-28(23)40/h3-6,15-16,18,20,24-26,30,43-44H,7-14,33H2,1-2H3,(H,35,41)(H,36,45)(H,49,50)(H,51,52)(H2,34,37,38)(H2,46,47,48). The molecule has 25 nitrogen and oxygen atoms in total. The van der Waals surface area contributed by atoms with E-state index in [0.717, 1.165) is 34.5 Å². The first-order valence-corrected chi connectivity index (χ1v) is 23.8. The van der Waals surface area contributed by atoms with Gasteiger partial charge in [-0.1, -0.05) is 49.3 Å². The maximum Gasteiger partial charge on any atom is 0.481 e. The second kappa shape index (κ2) is 21.6. The highest BCUT2D eigenvalue weighted by atomic mass is 35.5. The summed E-state index contributed by atoms with van der Waals surface area (Å²) in [5, 5.41) is 26.9. The molecule has 8 unspecified atom stereocenters. The van der Waals surface area contributed by atoms with Gasteiger partial charge < -0.3 is 56.6 Å². The predicted octanol–water partition coefficient (Wildman–Crippen LogP) is 0.451. The number of nitrogens with zero attached hydrogens (tertiary/aromatic N) is 4. The Morgan fingerprint density at radius 2 is 1.70 bits per heavy atom. The molecule has 1 aliphatic rings. The number of thioether (sulfide) groups is 1. The van der Waals surface area contributed by atoms with E-state index in [1.165, 1.54) is 13.8 Å². The van der Waals surface area contributed by atoms with Crippen molar-refractivity contribution >= 4 is 80.7 Å². The predicted molar refractivity (Wildman–Crippen MR) is 215 cm³/mol. The van der Waals surface area contributed by atoms with Crippen molar-refractivity contribution in [3.8, 4) is 0 Å². The van der Waals surface area contributed by atoms with Crippen LogP contribution in [0, 0.1) is 5.41 Å². The number of nitrogens with one attached hydrogen (secondary N) is 2. The molecule has 8 atom stereocenters. The minimum atomic E-state index is -5.59. The van der Waals surface area contributed by atoms with Gasteiger partial charge in [-0.25, -0.2) is 28.6 Å². The van der Waals surface area contributed by atoms with Crippen LogP contribution in [0.4, 0.5) is 5.82 Å². The Hall–Kier alpha value is -2.97. The van der Waals surface area contributed by atoms with E-state index in [-0.39, 0.29) is 66.2 Å². The molecule has 12 N–H and O–H groups in total. The molecule has 61 heavy (non-hydrogen) atoms. The Morgan fingerprint density at radius 3 is 2.36 bits per heavy atom. The van der Waals surface area contributed by atoms with E-state index in [1.54, 1.807) is 24.3 Å². The zero-order valence-electron chi connectivity index (χ0n) is 32.3. The lowest BCUT2D eigenvalue weighted by Gasteiger charge is -2.30. The molecule has 4 rings (SSSR count). The fraction of sp³-hybridized carbons (Fsp3) is 0.548. The highest BCUT2D eigenvalue weighted by Gasteiger charge is 2.50. The Bertz CT molecular complexity index is 2150. The topological polar surface area (TPSA) is 390 Å². The highest BCUT2D eigenvalue weighted by molar-refractivity contribution is 8.13. The third kappa shape index (κ3) is 15.1. The van der Waals surface area contributed by atoms with Crippen LogP contribution >= 0.6 is 46.8 Å². The van der Waals surface area contributed by atoms with Crippen LogP contribution < -0.4 is 22.1 Å². The molecule has 30 heteroatoms. The van der Waals surface area contributed by atoms with E-state index in [9.17, 15) is 57.9 Å². The summed E-state index contributed by atoms with van der Waals surface area (Å²) in [5.41, 5.74) is 11.0. The van der Waals surface area contributed by atoms with Crippen molar-refractivity contribution in [2.75, 3.05) is 44.3 Å². The fourth-order valence-corrected chi connectivity index (χ4v) is 9.33. The third-order valence-corrected chi connectivity index (χ3v) is 13.1. The van der Waals surface area contributed by atoms with Gasteiger partial charge >= 0.3 is 23.5 Å². The Balaban J connectivity index is 1.20. The molecule has 1 aromatic carbocycles. The quantitative estimate of drug-likeness (QED) is 0.0455. The fourth-order valence-electron chi connectivity index (χ4n) is 5.63. The summed E-state index contributed by atoms with van der Waals surface area (Å²) in [6, 6.07) is 7.03. The number of aliphatic hydroxyl groups is 2. The van der Waals surface area contributed by atoms with Gasteiger partial charge in [0.1, 0.15) is 36.3 Å². The number of carbonyl (C=O) groups is 3. The van der Waals surface area contributed by atoms with Crippen molar-refractivity contribution in [2.24, 2.45) is 11.1 Å². The Kier molecular flexibility index (Phi) is 17.9. The molecule has 340 valence electrons. The van der Waals surface area contributed by atoms with Gasteiger partial charge in [0, 0.05) is 48.0 Å². The number of nitrogens with two attached hydrogens (primary N) is 2. The number of halogens is 1. The molecule has 3 aromatic rings. The summed E-state index contributed by atoms with van der Waals surface area (Å²) in [7, 11) is -16.4. The third-order valence-electron chi connectivity index (χ3n) is 8.80. The average Bonchev–Trinajstić information content (AvgIpc) is 3.74. The summed E-state index contributed by atoms with van der Waals surface area (Å²) < 4.78 is 62.2. The van der Waals surface area contributed by atoms with Crippen molar-refractivity contribution in [1.82, 2.24) is 30.2 Å². The molecule has 1 saturated heterocycles. The number of imidazole rings is 1. The van der Waals surface area contributed by atoms with Crippen LogP contribution in [0.3, 0.4) is 0 Å². The number of rotatable bonds is 23. The zero-order chi connectivity index (χ0) is 45.3.